The number of nitrogens with zero attached hydrogens (tertiary/aromatic N) is 1. The number of ether oxygens (including phenoxy) is 1. The first-order valence-electron chi connectivity index (χ1n) is 7.87. The zero-order valence-electron chi connectivity index (χ0n) is 14.2. The number of amides is 3. The Kier molecular flexibility index (Phi) is 5.92. The van der Waals surface area contributed by atoms with E-state index in [0.29, 0.717) is 24.5 Å². The number of carbonyl (C=O) groups excluding carboxylic acids is 3. The molecule has 0 bridgehead atoms. The molecule has 0 saturated carbocycles. The lowest BCUT2D eigenvalue weighted by Gasteiger charge is -2.23. The van der Waals surface area contributed by atoms with E-state index >= 15 is 0 Å². The fourth-order valence-corrected chi connectivity index (χ4v) is 2.75. The molecular formula is C17H23N3O4. The third-order valence-electron chi connectivity index (χ3n) is 3.94. The van der Waals surface area contributed by atoms with Gasteiger partial charge in [-0.05, 0) is 31.2 Å². The zero-order chi connectivity index (χ0) is 17.7. The summed E-state index contributed by atoms with van der Waals surface area (Å²) in [6, 6.07) is 6.81. The summed E-state index contributed by atoms with van der Waals surface area (Å²) in [5.74, 6) is -0.725. The van der Waals surface area contributed by atoms with Gasteiger partial charge in [-0.1, -0.05) is 0 Å². The van der Waals surface area contributed by atoms with Gasteiger partial charge in [0.15, 0.2) is 0 Å². The van der Waals surface area contributed by atoms with Crippen molar-refractivity contribution in [1.82, 2.24) is 4.90 Å². The van der Waals surface area contributed by atoms with E-state index in [2.05, 4.69) is 10.6 Å². The van der Waals surface area contributed by atoms with Gasteiger partial charge in [0.05, 0.1) is 18.6 Å². The van der Waals surface area contributed by atoms with Crippen LogP contribution in [0.5, 0.6) is 0 Å². The summed E-state index contributed by atoms with van der Waals surface area (Å²) in [6.45, 7) is 4.19. The molecule has 0 aromatic heterocycles. The second-order valence-electron chi connectivity index (χ2n) is 6.00. The number of hydrogen-bond donors (Lipinski definition) is 2. The van der Waals surface area contributed by atoms with Gasteiger partial charge >= 0.3 is 0 Å². The summed E-state index contributed by atoms with van der Waals surface area (Å²) < 4.78 is 5.07. The Morgan fingerprint density at radius 3 is 2.38 bits per heavy atom. The summed E-state index contributed by atoms with van der Waals surface area (Å²) in [4.78, 5) is 37.1. The number of likely N-dealkylation sites (tertiary alicyclic amines) is 1. The van der Waals surface area contributed by atoms with Crippen molar-refractivity contribution in [2.24, 2.45) is 5.92 Å². The number of carbonyl (C=O) groups is 3. The molecule has 1 aliphatic heterocycles. The van der Waals surface area contributed by atoms with Crippen LogP contribution in [0.4, 0.5) is 11.4 Å². The maximum atomic E-state index is 12.4. The van der Waals surface area contributed by atoms with Crippen molar-refractivity contribution in [3.63, 3.8) is 0 Å². The molecule has 1 heterocycles. The molecule has 130 valence electrons. The predicted molar refractivity (Wildman–Crippen MR) is 90.5 cm³/mol. The topological polar surface area (TPSA) is 87.7 Å². The standard InChI is InChI=1S/C17H23N3O4/c1-11(10-24-3)20-9-13(8-16(20)22)17(23)19-15-6-4-14(5-7-15)18-12(2)21/h4-7,11,13H,8-10H2,1-3H3,(H,18,21)(H,19,23)/t11-,13-/m0/s1. The molecule has 7 nitrogen and oxygen atoms in total. The van der Waals surface area contributed by atoms with Gasteiger partial charge in [-0.2, -0.15) is 0 Å². The summed E-state index contributed by atoms with van der Waals surface area (Å²) in [5, 5.41) is 5.48. The van der Waals surface area contributed by atoms with Crippen molar-refractivity contribution in [3.05, 3.63) is 24.3 Å². The van der Waals surface area contributed by atoms with Gasteiger partial charge in [-0.25, -0.2) is 0 Å². The lowest BCUT2D eigenvalue weighted by molar-refractivity contribution is -0.130. The van der Waals surface area contributed by atoms with E-state index in [0.717, 1.165) is 0 Å². The molecule has 1 aromatic rings. The summed E-state index contributed by atoms with van der Waals surface area (Å²) in [6.07, 6.45) is 0.212. The maximum Gasteiger partial charge on any atom is 0.229 e. The highest BCUT2D eigenvalue weighted by Gasteiger charge is 2.36. The van der Waals surface area contributed by atoms with Gasteiger partial charge in [-0.3, -0.25) is 14.4 Å². The molecule has 1 aliphatic rings. The predicted octanol–water partition coefficient (Wildman–Crippen LogP) is 1.47. The fourth-order valence-electron chi connectivity index (χ4n) is 2.75. The number of nitrogens with one attached hydrogen (secondary N) is 2. The van der Waals surface area contributed by atoms with E-state index in [9.17, 15) is 14.4 Å². The van der Waals surface area contributed by atoms with Crippen molar-refractivity contribution in [3.8, 4) is 0 Å². The molecule has 3 amide bonds. The van der Waals surface area contributed by atoms with Crippen LogP contribution in [0.2, 0.25) is 0 Å². The SMILES string of the molecule is COC[C@H](C)N1C[C@@H](C(=O)Nc2ccc(NC(C)=O)cc2)CC1=O. The van der Waals surface area contributed by atoms with Crippen molar-refractivity contribution in [1.29, 1.82) is 0 Å². The molecule has 1 fully saturated rings. The lowest BCUT2D eigenvalue weighted by atomic mass is 10.1. The van der Waals surface area contributed by atoms with Crippen molar-refractivity contribution >= 4 is 29.1 Å². The van der Waals surface area contributed by atoms with Gasteiger partial charge in [0.1, 0.15) is 0 Å². The van der Waals surface area contributed by atoms with Crippen LogP contribution in [0.3, 0.4) is 0 Å². The molecule has 2 rings (SSSR count). The molecule has 0 spiro atoms. The third kappa shape index (κ3) is 4.55. The van der Waals surface area contributed by atoms with E-state index in [4.69, 9.17) is 4.74 Å². The molecule has 24 heavy (non-hydrogen) atoms. The molecule has 0 aliphatic carbocycles. The Bertz CT molecular complexity index is 615. The van der Waals surface area contributed by atoms with Crippen molar-refractivity contribution in [2.45, 2.75) is 26.3 Å². The van der Waals surface area contributed by atoms with E-state index < -0.39 is 0 Å². The summed E-state index contributed by atoms with van der Waals surface area (Å²) >= 11 is 0. The Morgan fingerprint density at radius 2 is 1.83 bits per heavy atom. The van der Waals surface area contributed by atoms with E-state index in [1.54, 1.807) is 36.3 Å². The normalized spacial score (nSPS) is 18.4. The Morgan fingerprint density at radius 1 is 1.25 bits per heavy atom. The first-order chi connectivity index (χ1) is 11.4. The van der Waals surface area contributed by atoms with Gasteiger partial charge in [0, 0.05) is 38.4 Å². The van der Waals surface area contributed by atoms with Gasteiger partial charge in [0.25, 0.3) is 0 Å². The van der Waals surface area contributed by atoms with Crippen LogP contribution in [0.1, 0.15) is 20.3 Å². The average molecular weight is 333 g/mol. The molecule has 0 unspecified atom stereocenters. The van der Waals surface area contributed by atoms with E-state index in [1.165, 1.54) is 6.92 Å². The van der Waals surface area contributed by atoms with Crippen molar-refractivity contribution in [2.75, 3.05) is 30.9 Å². The summed E-state index contributed by atoms with van der Waals surface area (Å²) in [7, 11) is 1.59. The number of methoxy groups -OCH3 is 1. The number of benzene rings is 1. The van der Waals surface area contributed by atoms with Gasteiger partial charge in [0.2, 0.25) is 17.7 Å². The Hall–Kier alpha value is -2.41. The first-order valence-corrected chi connectivity index (χ1v) is 7.87. The monoisotopic (exact) mass is 333 g/mol. The van der Waals surface area contributed by atoms with Crippen LogP contribution in [0.15, 0.2) is 24.3 Å². The van der Waals surface area contributed by atoms with Gasteiger partial charge < -0.3 is 20.3 Å². The van der Waals surface area contributed by atoms with Crippen LogP contribution in [0, 0.1) is 5.92 Å². The molecule has 2 N–H and O–H groups in total. The second-order valence-corrected chi connectivity index (χ2v) is 6.00. The molecule has 7 heteroatoms. The third-order valence-corrected chi connectivity index (χ3v) is 3.94. The highest BCUT2D eigenvalue weighted by Crippen LogP contribution is 2.22. The molecular weight excluding hydrogens is 310 g/mol. The van der Waals surface area contributed by atoms with Crippen LogP contribution >= 0.6 is 0 Å². The minimum absolute atomic E-state index is 0.0271. The van der Waals surface area contributed by atoms with E-state index in [-0.39, 0.29) is 36.1 Å². The highest BCUT2D eigenvalue weighted by molar-refractivity contribution is 5.97. The minimum atomic E-state index is -0.369. The average Bonchev–Trinajstić information content (AvgIpc) is 2.91. The highest BCUT2D eigenvalue weighted by atomic mass is 16.5. The van der Waals surface area contributed by atoms with E-state index in [1.807, 2.05) is 6.92 Å². The molecule has 0 radical (unpaired) electrons. The molecule has 1 aromatic carbocycles. The number of anilines is 2. The summed E-state index contributed by atoms with van der Waals surface area (Å²) in [5.41, 5.74) is 1.29. The smallest absolute Gasteiger partial charge is 0.229 e. The number of rotatable bonds is 6. The van der Waals surface area contributed by atoms with Crippen LogP contribution in [0.25, 0.3) is 0 Å². The Labute approximate surface area is 141 Å². The van der Waals surface area contributed by atoms with Crippen LogP contribution < -0.4 is 10.6 Å². The van der Waals surface area contributed by atoms with Crippen LogP contribution in [-0.2, 0) is 19.1 Å². The molecule has 2 atom stereocenters. The lowest BCUT2D eigenvalue weighted by Crippen LogP contribution is -2.38. The second kappa shape index (κ2) is 7.92. The number of hydrogen-bond acceptors (Lipinski definition) is 4. The molecule has 1 saturated heterocycles. The van der Waals surface area contributed by atoms with Crippen LogP contribution in [-0.4, -0.2) is 48.9 Å². The fraction of sp³-hybridized carbons (Fsp3) is 0.471. The van der Waals surface area contributed by atoms with Gasteiger partial charge in [-0.15, -0.1) is 0 Å². The largest absolute Gasteiger partial charge is 0.383 e. The quantitative estimate of drug-likeness (QED) is 0.825. The maximum absolute atomic E-state index is 12.4. The van der Waals surface area contributed by atoms with Crippen molar-refractivity contribution < 1.29 is 19.1 Å². The first kappa shape index (κ1) is 17.9. The Balaban J connectivity index is 1.93. The minimum Gasteiger partial charge on any atom is -0.383 e. The zero-order valence-corrected chi connectivity index (χ0v) is 14.2.